The highest BCUT2D eigenvalue weighted by Crippen LogP contribution is 2.15. The van der Waals surface area contributed by atoms with Gasteiger partial charge in [0, 0.05) is 6.54 Å². The van der Waals surface area contributed by atoms with Crippen LogP contribution >= 0.6 is 0 Å². The lowest BCUT2D eigenvalue weighted by atomic mass is 10.1. The van der Waals surface area contributed by atoms with Crippen molar-refractivity contribution in [2.24, 2.45) is 11.7 Å². The van der Waals surface area contributed by atoms with Crippen LogP contribution in [0, 0.1) is 5.92 Å². The Morgan fingerprint density at radius 1 is 1.25 bits per heavy atom. The minimum atomic E-state index is -0.338. The number of hydrogen-bond donors (Lipinski definition) is 2. The molecule has 1 atom stereocenters. The van der Waals surface area contributed by atoms with Gasteiger partial charge in [0.15, 0.2) is 0 Å². The molecule has 0 heterocycles. The Hall–Kier alpha value is -1.55. The van der Waals surface area contributed by atoms with E-state index in [4.69, 9.17) is 10.5 Å². The summed E-state index contributed by atoms with van der Waals surface area (Å²) in [5.41, 5.74) is 6.30. The third kappa shape index (κ3) is 5.61. The fourth-order valence-corrected chi connectivity index (χ4v) is 1.81. The monoisotopic (exact) mass is 278 g/mol. The van der Waals surface area contributed by atoms with Crippen molar-refractivity contribution in [1.82, 2.24) is 5.32 Å². The molecular weight excluding hydrogens is 252 g/mol. The molecule has 0 unspecified atom stereocenters. The van der Waals surface area contributed by atoms with Crippen molar-refractivity contribution in [2.45, 2.75) is 46.2 Å². The molecule has 4 heteroatoms. The maximum atomic E-state index is 10.9. The zero-order chi connectivity index (χ0) is 15.0. The van der Waals surface area contributed by atoms with Crippen LogP contribution in [0.1, 0.15) is 39.2 Å². The number of carbonyl (C=O) groups is 1. The van der Waals surface area contributed by atoms with Crippen LogP contribution in [-0.4, -0.2) is 18.6 Å². The van der Waals surface area contributed by atoms with Gasteiger partial charge in [0.2, 0.25) is 5.91 Å². The zero-order valence-corrected chi connectivity index (χ0v) is 12.7. The van der Waals surface area contributed by atoms with E-state index in [1.54, 1.807) is 6.92 Å². The fourth-order valence-electron chi connectivity index (χ4n) is 1.81. The topological polar surface area (TPSA) is 64.3 Å². The van der Waals surface area contributed by atoms with Gasteiger partial charge in [0.25, 0.3) is 0 Å². The van der Waals surface area contributed by atoms with Crippen LogP contribution in [0.3, 0.4) is 0 Å². The van der Waals surface area contributed by atoms with Crippen LogP contribution in [0.15, 0.2) is 24.3 Å². The van der Waals surface area contributed by atoms with Crippen molar-refractivity contribution in [3.63, 3.8) is 0 Å². The Labute approximate surface area is 121 Å². The third-order valence-corrected chi connectivity index (χ3v) is 3.60. The number of carbonyl (C=O) groups excluding carboxylic acids is 1. The van der Waals surface area contributed by atoms with E-state index < -0.39 is 0 Å². The summed E-state index contributed by atoms with van der Waals surface area (Å²) in [5, 5.41) is 3.07. The van der Waals surface area contributed by atoms with E-state index in [0.717, 1.165) is 30.8 Å². The van der Waals surface area contributed by atoms with E-state index in [0.29, 0.717) is 12.5 Å². The molecule has 112 valence electrons. The quantitative estimate of drug-likeness (QED) is 0.729. The van der Waals surface area contributed by atoms with Gasteiger partial charge in [-0.2, -0.15) is 0 Å². The second-order valence-corrected chi connectivity index (χ2v) is 5.14. The summed E-state index contributed by atoms with van der Waals surface area (Å²) in [6.45, 7) is 7.52. The van der Waals surface area contributed by atoms with Crippen LogP contribution in [0.2, 0.25) is 0 Å². The molecule has 0 aliphatic carbocycles. The van der Waals surface area contributed by atoms with Gasteiger partial charge in [0.1, 0.15) is 5.75 Å². The number of nitrogens with one attached hydrogen (secondary N) is 1. The van der Waals surface area contributed by atoms with Gasteiger partial charge < -0.3 is 15.8 Å². The average Bonchev–Trinajstić information content (AvgIpc) is 2.46. The number of amides is 1. The molecular formula is C16H26N2O2. The molecule has 0 aliphatic rings. The minimum Gasteiger partial charge on any atom is -0.493 e. The Morgan fingerprint density at radius 3 is 2.35 bits per heavy atom. The zero-order valence-electron chi connectivity index (χ0n) is 12.7. The average molecular weight is 278 g/mol. The van der Waals surface area contributed by atoms with Crippen molar-refractivity contribution >= 4 is 5.91 Å². The second kappa shape index (κ2) is 8.59. The van der Waals surface area contributed by atoms with Gasteiger partial charge in [-0.3, -0.25) is 4.79 Å². The molecule has 1 amide bonds. The highest BCUT2D eigenvalue weighted by molar-refractivity contribution is 5.79. The molecule has 20 heavy (non-hydrogen) atoms. The van der Waals surface area contributed by atoms with Gasteiger partial charge in [-0.05, 0) is 30.5 Å². The van der Waals surface area contributed by atoms with E-state index in [-0.39, 0.29) is 11.9 Å². The molecule has 1 aromatic rings. The first-order valence-electron chi connectivity index (χ1n) is 7.31. The summed E-state index contributed by atoms with van der Waals surface area (Å²) in [5.74, 6) is 1.17. The number of primary amides is 1. The van der Waals surface area contributed by atoms with Gasteiger partial charge in [-0.15, -0.1) is 0 Å². The standard InChI is InChI=1S/C16H26N2O2/c1-4-13(5-2)11-20-15-8-6-14(7-9-15)10-18-12(3)16(17)19/h6-9,12-13,18H,4-5,10-11H2,1-3H3,(H2,17,19)/t12-/m0/s1. The lowest BCUT2D eigenvalue weighted by molar-refractivity contribution is -0.119. The lowest BCUT2D eigenvalue weighted by Crippen LogP contribution is -2.38. The van der Waals surface area contributed by atoms with Gasteiger partial charge in [-0.1, -0.05) is 38.8 Å². The van der Waals surface area contributed by atoms with E-state index in [1.165, 1.54) is 0 Å². The smallest absolute Gasteiger partial charge is 0.234 e. The summed E-state index contributed by atoms with van der Waals surface area (Å²) >= 11 is 0. The molecule has 1 aromatic carbocycles. The third-order valence-electron chi connectivity index (χ3n) is 3.60. The second-order valence-electron chi connectivity index (χ2n) is 5.14. The molecule has 0 spiro atoms. The van der Waals surface area contributed by atoms with Crippen molar-refractivity contribution in [1.29, 1.82) is 0 Å². The fraction of sp³-hybridized carbons (Fsp3) is 0.562. The maximum absolute atomic E-state index is 10.9. The highest BCUT2D eigenvalue weighted by Gasteiger charge is 2.07. The number of benzene rings is 1. The largest absolute Gasteiger partial charge is 0.493 e. The molecule has 0 aliphatic heterocycles. The predicted molar refractivity (Wildman–Crippen MR) is 81.5 cm³/mol. The van der Waals surface area contributed by atoms with Crippen LogP contribution in [-0.2, 0) is 11.3 Å². The van der Waals surface area contributed by atoms with E-state index in [1.807, 2.05) is 24.3 Å². The van der Waals surface area contributed by atoms with Crippen LogP contribution in [0.25, 0.3) is 0 Å². The van der Waals surface area contributed by atoms with Gasteiger partial charge in [0.05, 0.1) is 12.6 Å². The normalized spacial score (nSPS) is 12.4. The maximum Gasteiger partial charge on any atom is 0.234 e. The molecule has 0 saturated carbocycles. The van der Waals surface area contributed by atoms with Crippen molar-refractivity contribution in [3.05, 3.63) is 29.8 Å². The minimum absolute atomic E-state index is 0.319. The van der Waals surface area contributed by atoms with Gasteiger partial charge >= 0.3 is 0 Å². The van der Waals surface area contributed by atoms with Crippen LogP contribution in [0.5, 0.6) is 5.75 Å². The van der Waals surface area contributed by atoms with E-state index >= 15 is 0 Å². The lowest BCUT2D eigenvalue weighted by Gasteiger charge is -2.14. The Balaban J connectivity index is 2.42. The summed E-state index contributed by atoms with van der Waals surface area (Å²) in [7, 11) is 0. The molecule has 0 fully saturated rings. The predicted octanol–water partition coefficient (Wildman–Crippen LogP) is 2.46. The van der Waals surface area contributed by atoms with Gasteiger partial charge in [-0.25, -0.2) is 0 Å². The number of ether oxygens (including phenoxy) is 1. The van der Waals surface area contributed by atoms with Crippen LogP contribution < -0.4 is 15.8 Å². The van der Waals surface area contributed by atoms with E-state index in [2.05, 4.69) is 19.2 Å². The SMILES string of the molecule is CCC(CC)COc1ccc(CN[C@@H](C)C(N)=O)cc1. The molecule has 1 rings (SSSR count). The Kier molecular flexibility index (Phi) is 7.09. The molecule has 3 N–H and O–H groups in total. The summed E-state index contributed by atoms with van der Waals surface area (Å²) in [6.07, 6.45) is 2.28. The first-order chi connectivity index (χ1) is 9.56. The molecule has 0 radical (unpaired) electrons. The summed E-state index contributed by atoms with van der Waals surface area (Å²) < 4.78 is 5.77. The first-order valence-corrected chi connectivity index (χ1v) is 7.31. The van der Waals surface area contributed by atoms with E-state index in [9.17, 15) is 4.79 Å². The summed E-state index contributed by atoms with van der Waals surface area (Å²) in [6, 6.07) is 7.62. The van der Waals surface area contributed by atoms with Crippen LogP contribution in [0.4, 0.5) is 0 Å². The first kappa shape index (κ1) is 16.5. The number of rotatable bonds is 9. The Bertz CT molecular complexity index is 399. The molecule has 4 nitrogen and oxygen atoms in total. The van der Waals surface area contributed by atoms with Crippen molar-refractivity contribution < 1.29 is 9.53 Å². The molecule has 0 saturated heterocycles. The Morgan fingerprint density at radius 2 is 1.85 bits per heavy atom. The molecule has 0 bridgehead atoms. The van der Waals surface area contributed by atoms with Crippen molar-refractivity contribution in [2.75, 3.05) is 6.61 Å². The number of hydrogen-bond acceptors (Lipinski definition) is 3. The number of nitrogens with two attached hydrogens (primary N) is 1. The highest BCUT2D eigenvalue weighted by atomic mass is 16.5. The van der Waals surface area contributed by atoms with Crippen molar-refractivity contribution in [3.8, 4) is 5.75 Å². The summed E-state index contributed by atoms with van der Waals surface area (Å²) in [4.78, 5) is 10.9. The molecule has 0 aromatic heterocycles.